The van der Waals surface area contributed by atoms with Crippen LogP contribution in [0.25, 0.3) is 0 Å². The molecular formula is C15H22N2O2. The molecule has 0 fully saturated rings. The van der Waals surface area contributed by atoms with Crippen LogP contribution in [0.1, 0.15) is 33.3 Å². The maximum absolute atomic E-state index is 11.8. The van der Waals surface area contributed by atoms with Gasteiger partial charge in [0.05, 0.1) is 0 Å². The van der Waals surface area contributed by atoms with E-state index in [-0.39, 0.29) is 17.2 Å². The van der Waals surface area contributed by atoms with Gasteiger partial charge < -0.3 is 15.7 Å². The predicted molar refractivity (Wildman–Crippen MR) is 78.2 cm³/mol. The van der Waals surface area contributed by atoms with E-state index in [1.165, 1.54) is 0 Å². The first kappa shape index (κ1) is 15.1. The number of carbonyl (C=O) groups excluding carboxylic acids is 1. The second kappa shape index (κ2) is 5.78. The van der Waals surface area contributed by atoms with Crippen molar-refractivity contribution in [1.82, 2.24) is 5.32 Å². The first-order valence-corrected chi connectivity index (χ1v) is 6.24. The van der Waals surface area contributed by atoms with E-state index in [2.05, 4.69) is 31.4 Å². The van der Waals surface area contributed by atoms with Crippen molar-refractivity contribution >= 4 is 11.7 Å². The van der Waals surface area contributed by atoms with Gasteiger partial charge in [0.1, 0.15) is 5.75 Å². The number of amides is 2. The Balaban J connectivity index is 2.66. The summed E-state index contributed by atoms with van der Waals surface area (Å²) in [5.74, 6) is 0.187. The fourth-order valence-corrected chi connectivity index (χ4v) is 1.34. The number of aryl methyl sites for hydroxylation is 1. The number of phenols is 1. The molecule has 1 aromatic rings. The number of nitrogens with one attached hydrogen (secondary N) is 2. The maximum Gasteiger partial charge on any atom is 0.323 e. The lowest BCUT2D eigenvalue weighted by Crippen LogP contribution is -2.25. The standard InChI is InChI=1S/C15H22N2O2/c1-10-8-12(18)6-7-13(10)17-14(19)16-9-11(2)15(3,4)5/h6-9,18H,1-5H3,(H2,16,17,19)/b11-9+. The van der Waals surface area contributed by atoms with Gasteiger partial charge in [0.25, 0.3) is 0 Å². The summed E-state index contributed by atoms with van der Waals surface area (Å²) < 4.78 is 0. The first-order valence-electron chi connectivity index (χ1n) is 6.24. The van der Waals surface area contributed by atoms with Gasteiger partial charge in [-0.3, -0.25) is 0 Å². The van der Waals surface area contributed by atoms with Crippen LogP contribution in [0.15, 0.2) is 30.0 Å². The maximum atomic E-state index is 11.8. The number of carbonyl (C=O) groups is 1. The molecule has 0 saturated carbocycles. The summed E-state index contributed by atoms with van der Waals surface area (Å²) in [6.07, 6.45) is 1.71. The lowest BCUT2D eigenvalue weighted by molar-refractivity contribution is 0.255. The molecule has 1 aromatic carbocycles. The number of allylic oxidation sites excluding steroid dienone is 1. The van der Waals surface area contributed by atoms with Gasteiger partial charge in [-0.2, -0.15) is 0 Å². The van der Waals surface area contributed by atoms with E-state index in [0.29, 0.717) is 5.69 Å². The summed E-state index contributed by atoms with van der Waals surface area (Å²) in [4.78, 5) is 11.8. The van der Waals surface area contributed by atoms with Gasteiger partial charge in [-0.1, -0.05) is 26.3 Å². The third-order valence-corrected chi connectivity index (χ3v) is 3.06. The normalized spacial score (nSPS) is 12.2. The summed E-state index contributed by atoms with van der Waals surface area (Å²) >= 11 is 0. The van der Waals surface area contributed by atoms with Crippen molar-refractivity contribution in [2.45, 2.75) is 34.6 Å². The molecule has 0 bridgehead atoms. The summed E-state index contributed by atoms with van der Waals surface area (Å²) in [7, 11) is 0. The lowest BCUT2D eigenvalue weighted by atomic mass is 9.88. The van der Waals surface area contributed by atoms with Crippen LogP contribution in [-0.2, 0) is 0 Å². The van der Waals surface area contributed by atoms with Gasteiger partial charge in [-0.05, 0) is 43.0 Å². The Bertz CT molecular complexity index is 499. The molecule has 0 atom stereocenters. The summed E-state index contributed by atoms with van der Waals surface area (Å²) in [5.41, 5.74) is 2.61. The summed E-state index contributed by atoms with van der Waals surface area (Å²) in [6.45, 7) is 10.1. The zero-order valence-electron chi connectivity index (χ0n) is 12.2. The molecule has 0 radical (unpaired) electrons. The van der Waals surface area contributed by atoms with Gasteiger partial charge in [0.15, 0.2) is 0 Å². The fourth-order valence-electron chi connectivity index (χ4n) is 1.34. The molecule has 0 aromatic heterocycles. The molecule has 1 rings (SSSR count). The van der Waals surface area contributed by atoms with Crippen molar-refractivity contribution in [3.05, 3.63) is 35.5 Å². The predicted octanol–water partition coefficient (Wildman–Crippen LogP) is 3.77. The fraction of sp³-hybridized carbons (Fsp3) is 0.400. The van der Waals surface area contributed by atoms with Crippen molar-refractivity contribution in [3.63, 3.8) is 0 Å². The molecule has 0 unspecified atom stereocenters. The van der Waals surface area contributed by atoms with Crippen LogP contribution < -0.4 is 10.6 Å². The van der Waals surface area contributed by atoms with Crippen molar-refractivity contribution in [2.24, 2.45) is 5.41 Å². The third kappa shape index (κ3) is 4.66. The second-order valence-corrected chi connectivity index (χ2v) is 5.68. The Labute approximate surface area is 114 Å². The molecule has 0 saturated heterocycles. The molecule has 2 amide bonds. The molecule has 0 aliphatic rings. The number of hydrogen-bond donors (Lipinski definition) is 3. The highest BCUT2D eigenvalue weighted by Gasteiger charge is 2.12. The number of hydrogen-bond acceptors (Lipinski definition) is 2. The molecule has 4 heteroatoms. The molecule has 3 N–H and O–H groups in total. The van der Waals surface area contributed by atoms with E-state index in [1.54, 1.807) is 24.4 Å². The first-order chi connectivity index (χ1) is 8.70. The van der Waals surface area contributed by atoms with Crippen LogP contribution in [-0.4, -0.2) is 11.1 Å². The van der Waals surface area contributed by atoms with E-state index < -0.39 is 0 Å². The highest BCUT2D eigenvalue weighted by molar-refractivity contribution is 5.90. The van der Waals surface area contributed by atoms with Gasteiger partial charge in [0, 0.05) is 11.9 Å². The summed E-state index contributed by atoms with van der Waals surface area (Å²) in [6, 6.07) is 4.52. The van der Waals surface area contributed by atoms with Crippen LogP contribution in [0, 0.1) is 12.3 Å². The van der Waals surface area contributed by atoms with Crippen LogP contribution in [0.3, 0.4) is 0 Å². The lowest BCUT2D eigenvalue weighted by Gasteiger charge is -2.19. The minimum absolute atomic E-state index is 0.0295. The van der Waals surface area contributed by atoms with E-state index in [0.717, 1.165) is 11.1 Å². The smallest absolute Gasteiger partial charge is 0.323 e. The Kier molecular flexibility index (Phi) is 4.59. The third-order valence-electron chi connectivity index (χ3n) is 3.06. The highest BCUT2D eigenvalue weighted by Crippen LogP contribution is 2.23. The molecule has 4 nitrogen and oxygen atoms in total. The number of rotatable bonds is 2. The molecule has 0 aliphatic heterocycles. The van der Waals surface area contributed by atoms with E-state index in [1.807, 2.05) is 13.8 Å². The second-order valence-electron chi connectivity index (χ2n) is 5.68. The molecule has 0 spiro atoms. The summed E-state index contributed by atoms with van der Waals surface area (Å²) in [5, 5.41) is 14.7. The Morgan fingerprint density at radius 3 is 2.47 bits per heavy atom. The Morgan fingerprint density at radius 2 is 1.95 bits per heavy atom. The van der Waals surface area contributed by atoms with Crippen LogP contribution in [0.4, 0.5) is 10.5 Å². The zero-order chi connectivity index (χ0) is 14.6. The van der Waals surface area contributed by atoms with Gasteiger partial charge >= 0.3 is 6.03 Å². The number of benzene rings is 1. The van der Waals surface area contributed by atoms with E-state index in [4.69, 9.17) is 0 Å². The minimum Gasteiger partial charge on any atom is -0.508 e. The Hall–Kier alpha value is -1.97. The van der Waals surface area contributed by atoms with Crippen molar-refractivity contribution in [3.8, 4) is 5.75 Å². The SMILES string of the molecule is C/C(=C\NC(=O)Nc1ccc(O)cc1C)C(C)(C)C. The number of phenolic OH excluding ortho intramolecular Hbond substituents is 1. The number of urea groups is 1. The molecule has 0 heterocycles. The molecule has 104 valence electrons. The molecule has 19 heavy (non-hydrogen) atoms. The quantitative estimate of drug-likeness (QED) is 0.710. The zero-order valence-corrected chi connectivity index (χ0v) is 12.2. The average molecular weight is 262 g/mol. The largest absolute Gasteiger partial charge is 0.508 e. The van der Waals surface area contributed by atoms with Gasteiger partial charge in [-0.25, -0.2) is 4.79 Å². The van der Waals surface area contributed by atoms with Crippen LogP contribution in [0.2, 0.25) is 0 Å². The Morgan fingerprint density at radius 1 is 1.32 bits per heavy atom. The highest BCUT2D eigenvalue weighted by atomic mass is 16.3. The van der Waals surface area contributed by atoms with Gasteiger partial charge in [0.2, 0.25) is 0 Å². The monoisotopic (exact) mass is 262 g/mol. The van der Waals surface area contributed by atoms with E-state index >= 15 is 0 Å². The van der Waals surface area contributed by atoms with Crippen LogP contribution in [0.5, 0.6) is 5.75 Å². The number of aromatic hydroxyl groups is 1. The topological polar surface area (TPSA) is 61.4 Å². The van der Waals surface area contributed by atoms with Crippen molar-refractivity contribution < 1.29 is 9.90 Å². The van der Waals surface area contributed by atoms with Crippen molar-refractivity contribution in [2.75, 3.05) is 5.32 Å². The van der Waals surface area contributed by atoms with E-state index in [9.17, 15) is 9.90 Å². The van der Waals surface area contributed by atoms with Crippen LogP contribution >= 0.6 is 0 Å². The number of anilines is 1. The molecule has 0 aliphatic carbocycles. The average Bonchev–Trinajstić information content (AvgIpc) is 2.28. The van der Waals surface area contributed by atoms with Gasteiger partial charge in [-0.15, -0.1) is 0 Å². The minimum atomic E-state index is -0.294. The molecular weight excluding hydrogens is 240 g/mol. The van der Waals surface area contributed by atoms with Crippen molar-refractivity contribution in [1.29, 1.82) is 0 Å².